The molecule has 0 aliphatic rings. The zero-order valence-electron chi connectivity index (χ0n) is 8.56. The smallest absolute Gasteiger partial charge is 0.135 e. The Hall–Kier alpha value is -0.260. The molecule has 0 saturated heterocycles. The minimum atomic E-state index is 0.265. The van der Waals surface area contributed by atoms with Crippen LogP contribution in [-0.4, -0.2) is 9.78 Å². The Morgan fingerprint density at radius 1 is 1.46 bits per heavy atom. The van der Waals surface area contributed by atoms with E-state index in [1.165, 1.54) is 0 Å². The maximum Gasteiger partial charge on any atom is 0.135 e. The fourth-order valence-corrected chi connectivity index (χ4v) is 1.83. The molecular formula is C9H16IN3. The molecule has 4 heteroatoms. The highest BCUT2D eigenvalue weighted by molar-refractivity contribution is 14.1. The molecule has 0 aromatic carbocycles. The minimum Gasteiger partial charge on any atom is -0.383 e. The van der Waals surface area contributed by atoms with Crippen LogP contribution in [0.2, 0.25) is 0 Å². The molecule has 13 heavy (non-hydrogen) atoms. The van der Waals surface area contributed by atoms with E-state index < -0.39 is 0 Å². The lowest BCUT2D eigenvalue weighted by atomic mass is 9.91. The van der Waals surface area contributed by atoms with Crippen molar-refractivity contribution in [3.8, 4) is 0 Å². The summed E-state index contributed by atoms with van der Waals surface area (Å²) < 4.78 is 2.83. The number of nitrogens with zero attached hydrogens (tertiary/aromatic N) is 2. The summed E-state index contributed by atoms with van der Waals surface area (Å²) in [5.41, 5.74) is 7.18. The van der Waals surface area contributed by atoms with Crippen molar-refractivity contribution in [3.63, 3.8) is 0 Å². The molecular weight excluding hydrogens is 277 g/mol. The maximum atomic E-state index is 5.81. The summed E-state index contributed by atoms with van der Waals surface area (Å²) in [7, 11) is 1.88. The van der Waals surface area contributed by atoms with E-state index >= 15 is 0 Å². The van der Waals surface area contributed by atoms with Crippen LogP contribution in [0.1, 0.15) is 26.5 Å². The summed E-state index contributed by atoms with van der Waals surface area (Å²) in [6.07, 6.45) is 0.969. The van der Waals surface area contributed by atoms with Crippen LogP contribution in [0.5, 0.6) is 0 Å². The Morgan fingerprint density at radius 2 is 2.00 bits per heavy atom. The van der Waals surface area contributed by atoms with Crippen LogP contribution in [-0.2, 0) is 13.5 Å². The molecule has 0 bridgehead atoms. The summed E-state index contributed by atoms with van der Waals surface area (Å²) >= 11 is 2.26. The van der Waals surface area contributed by atoms with E-state index in [-0.39, 0.29) is 5.41 Å². The highest BCUT2D eigenvalue weighted by Gasteiger charge is 2.18. The number of nitrogen functional groups attached to an aromatic ring is 1. The van der Waals surface area contributed by atoms with E-state index in [0.717, 1.165) is 21.5 Å². The van der Waals surface area contributed by atoms with E-state index in [1.54, 1.807) is 4.68 Å². The van der Waals surface area contributed by atoms with Crippen molar-refractivity contribution < 1.29 is 0 Å². The SMILES string of the molecule is Cn1nc(CC(C)(C)C)c(I)c1N. The van der Waals surface area contributed by atoms with Gasteiger partial charge in [0.1, 0.15) is 5.82 Å². The Morgan fingerprint density at radius 3 is 2.31 bits per heavy atom. The van der Waals surface area contributed by atoms with Crippen molar-refractivity contribution in [2.45, 2.75) is 27.2 Å². The van der Waals surface area contributed by atoms with Crippen molar-refractivity contribution in [3.05, 3.63) is 9.26 Å². The molecule has 0 radical (unpaired) electrons. The standard InChI is InChI=1S/C9H16IN3/c1-9(2,3)5-6-7(10)8(11)13(4)12-6/h5,11H2,1-4H3. The number of nitrogens with two attached hydrogens (primary N) is 1. The number of halogens is 1. The quantitative estimate of drug-likeness (QED) is 0.807. The minimum absolute atomic E-state index is 0.265. The van der Waals surface area contributed by atoms with Gasteiger partial charge in [0, 0.05) is 7.05 Å². The van der Waals surface area contributed by atoms with Gasteiger partial charge in [-0.25, -0.2) is 0 Å². The second-order valence-corrected chi connectivity index (χ2v) is 5.59. The zero-order valence-corrected chi connectivity index (χ0v) is 10.7. The summed E-state index contributed by atoms with van der Waals surface area (Å²) in [6.45, 7) is 6.61. The average molecular weight is 293 g/mol. The molecule has 3 nitrogen and oxygen atoms in total. The molecule has 1 aromatic rings. The molecule has 0 aliphatic heterocycles. The molecule has 1 aromatic heterocycles. The molecule has 0 aliphatic carbocycles. The lowest BCUT2D eigenvalue weighted by Crippen LogP contribution is -2.10. The van der Waals surface area contributed by atoms with Gasteiger partial charge < -0.3 is 5.73 Å². The van der Waals surface area contributed by atoms with Crippen LogP contribution >= 0.6 is 22.6 Å². The van der Waals surface area contributed by atoms with Gasteiger partial charge in [0.05, 0.1) is 9.26 Å². The van der Waals surface area contributed by atoms with Crippen LogP contribution in [0, 0.1) is 8.99 Å². The third kappa shape index (κ3) is 2.59. The Labute approximate surface area is 92.8 Å². The van der Waals surface area contributed by atoms with Crippen LogP contribution in [0.4, 0.5) is 5.82 Å². The third-order valence-corrected chi connectivity index (χ3v) is 2.97. The Kier molecular flexibility index (Phi) is 2.89. The number of anilines is 1. The van der Waals surface area contributed by atoms with Crippen molar-refractivity contribution in [1.29, 1.82) is 0 Å². The molecule has 0 spiro atoms. The van der Waals surface area contributed by atoms with E-state index in [2.05, 4.69) is 48.5 Å². The second kappa shape index (κ2) is 3.48. The molecule has 2 N–H and O–H groups in total. The summed E-state index contributed by atoms with van der Waals surface area (Å²) in [5, 5.41) is 4.38. The number of aryl methyl sites for hydroxylation is 1. The van der Waals surface area contributed by atoms with Crippen LogP contribution in [0.25, 0.3) is 0 Å². The lowest BCUT2D eigenvalue weighted by Gasteiger charge is -2.16. The summed E-state index contributed by atoms with van der Waals surface area (Å²) in [6, 6.07) is 0. The summed E-state index contributed by atoms with van der Waals surface area (Å²) in [5.74, 6) is 0.764. The van der Waals surface area contributed by atoms with Crippen molar-refractivity contribution in [2.75, 3.05) is 5.73 Å². The fraction of sp³-hybridized carbons (Fsp3) is 0.667. The van der Waals surface area contributed by atoms with E-state index in [9.17, 15) is 0 Å². The molecule has 0 saturated carbocycles. The predicted octanol–water partition coefficient (Wildman–Crippen LogP) is 2.20. The number of hydrogen-bond donors (Lipinski definition) is 1. The van der Waals surface area contributed by atoms with Gasteiger partial charge >= 0.3 is 0 Å². The van der Waals surface area contributed by atoms with Crippen LogP contribution in [0.15, 0.2) is 0 Å². The van der Waals surface area contributed by atoms with Gasteiger partial charge in [-0.05, 0) is 34.4 Å². The Bertz CT molecular complexity index is 309. The van der Waals surface area contributed by atoms with E-state index in [1.807, 2.05) is 7.05 Å². The topological polar surface area (TPSA) is 43.8 Å². The van der Waals surface area contributed by atoms with E-state index in [4.69, 9.17) is 5.73 Å². The zero-order chi connectivity index (χ0) is 10.2. The van der Waals surface area contributed by atoms with Crippen molar-refractivity contribution in [2.24, 2.45) is 12.5 Å². The molecule has 0 fully saturated rings. The second-order valence-electron chi connectivity index (χ2n) is 4.51. The first-order chi connectivity index (χ1) is 5.81. The van der Waals surface area contributed by atoms with Crippen LogP contribution < -0.4 is 5.73 Å². The van der Waals surface area contributed by atoms with Crippen molar-refractivity contribution in [1.82, 2.24) is 9.78 Å². The van der Waals surface area contributed by atoms with Gasteiger partial charge in [0.25, 0.3) is 0 Å². The first-order valence-corrected chi connectivity index (χ1v) is 5.36. The molecule has 0 atom stereocenters. The predicted molar refractivity (Wildman–Crippen MR) is 63.5 cm³/mol. The molecule has 1 rings (SSSR count). The summed E-state index contributed by atoms with van der Waals surface area (Å²) in [4.78, 5) is 0. The van der Waals surface area contributed by atoms with Gasteiger partial charge in [-0.15, -0.1) is 0 Å². The molecule has 0 amide bonds. The molecule has 1 heterocycles. The monoisotopic (exact) mass is 293 g/mol. The molecule has 74 valence electrons. The molecule has 0 unspecified atom stereocenters. The third-order valence-electron chi connectivity index (χ3n) is 1.80. The van der Waals surface area contributed by atoms with Gasteiger partial charge in [-0.2, -0.15) is 5.10 Å². The highest BCUT2D eigenvalue weighted by atomic mass is 127. The first kappa shape index (κ1) is 10.8. The fourth-order valence-electron chi connectivity index (χ4n) is 1.18. The van der Waals surface area contributed by atoms with Crippen LogP contribution in [0.3, 0.4) is 0 Å². The van der Waals surface area contributed by atoms with Gasteiger partial charge in [0.15, 0.2) is 0 Å². The Balaban J connectivity index is 2.97. The largest absolute Gasteiger partial charge is 0.383 e. The van der Waals surface area contributed by atoms with E-state index in [0.29, 0.717) is 0 Å². The van der Waals surface area contributed by atoms with Gasteiger partial charge in [-0.1, -0.05) is 20.8 Å². The number of hydrogen-bond acceptors (Lipinski definition) is 2. The van der Waals surface area contributed by atoms with Gasteiger partial charge in [-0.3, -0.25) is 4.68 Å². The first-order valence-electron chi connectivity index (χ1n) is 4.28. The highest BCUT2D eigenvalue weighted by Crippen LogP contribution is 2.25. The normalized spacial score (nSPS) is 12.1. The van der Waals surface area contributed by atoms with Gasteiger partial charge in [0.2, 0.25) is 0 Å². The maximum absolute atomic E-state index is 5.81. The van der Waals surface area contributed by atoms with Crippen molar-refractivity contribution >= 4 is 28.4 Å². The lowest BCUT2D eigenvalue weighted by molar-refractivity contribution is 0.403. The number of aromatic nitrogens is 2. The number of rotatable bonds is 1. The average Bonchev–Trinajstić information content (AvgIpc) is 2.15.